The molecule has 3 heteroatoms. The second kappa shape index (κ2) is 3.50. The summed E-state index contributed by atoms with van der Waals surface area (Å²) in [4.78, 5) is 0. The number of nitrogens with zero attached hydrogens (tertiary/aromatic N) is 2. The monoisotopic (exact) mass is 182 g/mol. The number of aliphatic hydroxyl groups excluding tert-OH is 1. The van der Waals surface area contributed by atoms with Crippen LogP contribution in [0.15, 0.2) is 12.3 Å². The van der Waals surface area contributed by atoms with Gasteiger partial charge in [-0.1, -0.05) is 20.8 Å². The predicted octanol–water partition coefficient (Wildman–Crippen LogP) is 1.60. The van der Waals surface area contributed by atoms with E-state index in [1.807, 2.05) is 40.0 Å². The molecule has 13 heavy (non-hydrogen) atoms. The van der Waals surface area contributed by atoms with Gasteiger partial charge in [0.15, 0.2) is 0 Å². The van der Waals surface area contributed by atoms with Gasteiger partial charge in [0.05, 0.1) is 18.3 Å². The van der Waals surface area contributed by atoms with Crippen LogP contribution in [0, 0.1) is 12.3 Å². The Morgan fingerprint density at radius 2 is 2.15 bits per heavy atom. The zero-order chi connectivity index (χ0) is 10.1. The summed E-state index contributed by atoms with van der Waals surface area (Å²) in [6.45, 7) is 8.58. The van der Waals surface area contributed by atoms with E-state index < -0.39 is 0 Å². The molecule has 1 atom stereocenters. The maximum absolute atomic E-state index is 9.79. The van der Waals surface area contributed by atoms with Gasteiger partial charge in [0.25, 0.3) is 0 Å². The van der Waals surface area contributed by atoms with Gasteiger partial charge in [0.2, 0.25) is 0 Å². The minimum atomic E-state index is -0.355. The van der Waals surface area contributed by atoms with E-state index in [0.717, 1.165) is 5.69 Å². The first kappa shape index (κ1) is 10.3. The van der Waals surface area contributed by atoms with Crippen LogP contribution in [0.25, 0.3) is 0 Å². The van der Waals surface area contributed by atoms with Crippen molar-refractivity contribution in [3.05, 3.63) is 18.0 Å². The van der Waals surface area contributed by atoms with Crippen LogP contribution in [-0.4, -0.2) is 21.0 Å². The second-order valence-corrected chi connectivity index (χ2v) is 4.56. The minimum absolute atomic E-state index is 0.0835. The number of aromatic nitrogens is 2. The standard InChI is InChI=1S/C10H18N2O/c1-8-5-6-12(11-8)7-9(13)10(2,3)4/h5-6,9,13H,7H2,1-4H3. The molecular formula is C10H18N2O. The first-order valence-electron chi connectivity index (χ1n) is 4.58. The summed E-state index contributed by atoms with van der Waals surface area (Å²) in [6, 6.07) is 1.94. The fourth-order valence-electron chi connectivity index (χ4n) is 1.02. The van der Waals surface area contributed by atoms with Gasteiger partial charge >= 0.3 is 0 Å². The Labute approximate surface area is 79.4 Å². The van der Waals surface area contributed by atoms with Gasteiger partial charge in [-0.3, -0.25) is 4.68 Å². The lowest BCUT2D eigenvalue weighted by Crippen LogP contribution is -2.30. The molecule has 0 aromatic carbocycles. The van der Waals surface area contributed by atoms with Crippen LogP contribution in [-0.2, 0) is 6.54 Å². The summed E-state index contributed by atoms with van der Waals surface area (Å²) in [5.74, 6) is 0. The molecule has 1 N–H and O–H groups in total. The summed E-state index contributed by atoms with van der Waals surface area (Å²) in [5.41, 5.74) is 0.904. The average Bonchev–Trinajstić information content (AvgIpc) is 2.33. The molecule has 3 nitrogen and oxygen atoms in total. The van der Waals surface area contributed by atoms with Gasteiger partial charge in [0.1, 0.15) is 0 Å². The predicted molar refractivity (Wildman–Crippen MR) is 52.4 cm³/mol. The van der Waals surface area contributed by atoms with Gasteiger partial charge in [0, 0.05) is 6.20 Å². The van der Waals surface area contributed by atoms with Crippen molar-refractivity contribution in [3.63, 3.8) is 0 Å². The molecule has 1 unspecified atom stereocenters. The molecule has 0 amide bonds. The molecule has 0 saturated heterocycles. The third-order valence-corrected chi connectivity index (χ3v) is 2.13. The van der Waals surface area contributed by atoms with Gasteiger partial charge < -0.3 is 5.11 Å². The van der Waals surface area contributed by atoms with Crippen LogP contribution in [0.4, 0.5) is 0 Å². The fraction of sp³-hybridized carbons (Fsp3) is 0.700. The first-order valence-corrected chi connectivity index (χ1v) is 4.58. The van der Waals surface area contributed by atoms with E-state index >= 15 is 0 Å². The lowest BCUT2D eigenvalue weighted by molar-refractivity contribution is 0.0450. The summed E-state index contributed by atoms with van der Waals surface area (Å²) in [6.07, 6.45) is 1.54. The van der Waals surface area contributed by atoms with Crippen LogP contribution in [0.5, 0.6) is 0 Å². The number of rotatable bonds is 2. The van der Waals surface area contributed by atoms with E-state index in [1.165, 1.54) is 0 Å². The van der Waals surface area contributed by atoms with Crippen LogP contribution in [0.3, 0.4) is 0 Å². The normalized spacial score (nSPS) is 14.5. The topological polar surface area (TPSA) is 38.0 Å². The molecule has 1 rings (SSSR count). The summed E-state index contributed by atoms with van der Waals surface area (Å²) in [7, 11) is 0. The van der Waals surface area contributed by atoms with Crippen molar-refractivity contribution in [2.75, 3.05) is 0 Å². The van der Waals surface area contributed by atoms with E-state index in [4.69, 9.17) is 0 Å². The highest BCUT2D eigenvalue weighted by Gasteiger charge is 2.22. The lowest BCUT2D eigenvalue weighted by Gasteiger charge is -2.25. The highest BCUT2D eigenvalue weighted by atomic mass is 16.3. The lowest BCUT2D eigenvalue weighted by atomic mass is 9.89. The third-order valence-electron chi connectivity index (χ3n) is 2.13. The first-order chi connectivity index (χ1) is 5.89. The van der Waals surface area contributed by atoms with E-state index in [-0.39, 0.29) is 11.5 Å². The number of hydrogen-bond donors (Lipinski definition) is 1. The van der Waals surface area contributed by atoms with Crippen molar-refractivity contribution in [1.82, 2.24) is 9.78 Å². The van der Waals surface area contributed by atoms with E-state index in [1.54, 1.807) is 4.68 Å². The Morgan fingerprint density at radius 1 is 1.54 bits per heavy atom. The molecule has 0 radical (unpaired) electrons. The van der Waals surface area contributed by atoms with Crippen molar-refractivity contribution >= 4 is 0 Å². The zero-order valence-corrected chi connectivity index (χ0v) is 8.78. The van der Waals surface area contributed by atoms with Gasteiger partial charge in [-0.25, -0.2) is 0 Å². The van der Waals surface area contributed by atoms with Gasteiger partial charge in [-0.2, -0.15) is 5.10 Å². The molecule has 0 bridgehead atoms. The molecule has 1 aromatic rings. The van der Waals surface area contributed by atoms with Crippen molar-refractivity contribution in [2.45, 2.75) is 40.3 Å². The molecule has 0 fully saturated rings. The van der Waals surface area contributed by atoms with Crippen molar-refractivity contribution in [1.29, 1.82) is 0 Å². The third kappa shape index (κ3) is 2.84. The van der Waals surface area contributed by atoms with Crippen LogP contribution < -0.4 is 0 Å². The van der Waals surface area contributed by atoms with Gasteiger partial charge in [-0.15, -0.1) is 0 Å². The Balaban J connectivity index is 2.60. The van der Waals surface area contributed by atoms with Crippen LogP contribution >= 0.6 is 0 Å². The Hall–Kier alpha value is -0.830. The molecular weight excluding hydrogens is 164 g/mol. The molecule has 0 saturated carbocycles. The SMILES string of the molecule is Cc1ccn(CC(O)C(C)(C)C)n1. The zero-order valence-electron chi connectivity index (χ0n) is 8.78. The molecule has 1 heterocycles. The maximum atomic E-state index is 9.79. The average molecular weight is 182 g/mol. The van der Waals surface area contributed by atoms with Crippen molar-refractivity contribution in [2.24, 2.45) is 5.41 Å². The fourth-order valence-corrected chi connectivity index (χ4v) is 1.02. The van der Waals surface area contributed by atoms with E-state index in [2.05, 4.69) is 5.10 Å². The molecule has 74 valence electrons. The van der Waals surface area contributed by atoms with Crippen molar-refractivity contribution in [3.8, 4) is 0 Å². The summed E-state index contributed by atoms with van der Waals surface area (Å²) >= 11 is 0. The second-order valence-electron chi connectivity index (χ2n) is 4.56. The smallest absolute Gasteiger partial charge is 0.0784 e. The van der Waals surface area contributed by atoms with Gasteiger partial charge in [-0.05, 0) is 18.4 Å². The summed E-state index contributed by atoms with van der Waals surface area (Å²) in [5, 5.41) is 14.0. The highest BCUT2D eigenvalue weighted by molar-refractivity contribution is 4.95. The Bertz CT molecular complexity index is 273. The highest BCUT2D eigenvalue weighted by Crippen LogP contribution is 2.20. The van der Waals surface area contributed by atoms with E-state index in [9.17, 15) is 5.11 Å². The molecule has 0 spiro atoms. The minimum Gasteiger partial charge on any atom is -0.391 e. The largest absolute Gasteiger partial charge is 0.391 e. The van der Waals surface area contributed by atoms with E-state index in [0.29, 0.717) is 6.54 Å². The summed E-state index contributed by atoms with van der Waals surface area (Å²) < 4.78 is 1.78. The van der Waals surface area contributed by atoms with Crippen LogP contribution in [0.1, 0.15) is 26.5 Å². The molecule has 0 aliphatic rings. The molecule has 1 aromatic heterocycles. The molecule has 0 aliphatic heterocycles. The quantitative estimate of drug-likeness (QED) is 0.754. The molecule has 0 aliphatic carbocycles. The number of aryl methyl sites for hydroxylation is 1. The number of hydrogen-bond acceptors (Lipinski definition) is 2. The maximum Gasteiger partial charge on any atom is 0.0784 e. The van der Waals surface area contributed by atoms with Crippen LogP contribution in [0.2, 0.25) is 0 Å². The Morgan fingerprint density at radius 3 is 2.54 bits per heavy atom. The Kier molecular flexibility index (Phi) is 2.76. The number of aliphatic hydroxyl groups is 1. The van der Waals surface area contributed by atoms with Crippen molar-refractivity contribution < 1.29 is 5.11 Å².